The Kier molecular flexibility index (Phi) is 2.89. The van der Waals surface area contributed by atoms with Gasteiger partial charge in [0.25, 0.3) is 0 Å². The lowest BCUT2D eigenvalue weighted by molar-refractivity contribution is 0.372. The number of hydrogen-bond donors (Lipinski definition) is 2. The van der Waals surface area contributed by atoms with Crippen molar-refractivity contribution in [2.45, 2.75) is 24.8 Å². The molecule has 3 nitrogen and oxygen atoms in total. The summed E-state index contributed by atoms with van der Waals surface area (Å²) in [7, 11) is 0. The van der Waals surface area contributed by atoms with Crippen molar-refractivity contribution in [3.05, 3.63) is 46.7 Å². The first-order chi connectivity index (χ1) is 8.31. The summed E-state index contributed by atoms with van der Waals surface area (Å²) in [6.45, 7) is 0. The number of hydrogen-bond acceptors (Lipinski definition) is 2. The van der Waals surface area contributed by atoms with Crippen LogP contribution in [0.15, 0.2) is 41.1 Å². The van der Waals surface area contributed by atoms with Crippen molar-refractivity contribution in [3.8, 4) is 0 Å². The van der Waals surface area contributed by atoms with Gasteiger partial charge < -0.3 is 10.3 Å². The Labute approximate surface area is 109 Å². The van der Waals surface area contributed by atoms with E-state index in [1.807, 2.05) is 6.20 Å². The summed E-state index contributed by atoms with van der Waals surface area (Å²) in [5.74, 6) is 1.57. The highest BCUT2D eigenvalue weighted by Crippen LogP contribution is 2.38. The Morgan fingerprint density at radius 2 is 2.00 bits per heavy atom. The summed E-state index contributed by atoms with van der Waals surface area (Å²) in [4.78, 5) is 7.24. The molecule has 1 aromatic heterocycles. The molecule has 0 atom stereocenters. The number of nitrogens with one attached hydrogen (secondary N) is 2. The third-order valence-electron chi connectivity index (χ3n) is 3.32. The maximum atomic E-state index is 4.17. The number of imidazole rings is 1. The fraction of sp³-hybridized carbons (Fsp3) is 0.308. The normalized spacial score (nSPS) is 23.1. The molecule has 17 heavy (non-hydrogen) atoms. The fourth-order valence-corrected chi connectivity index (χ4v) is 2.54. The molecule has 1 aliphatic rings. The Morgan fingerprint density at radius 3 is 2.65 bits per heavy atom. The maximum Gasteiger partial charge on any atom is 0.200 e. The molecule has 1 heterocycles. The molecule has 0 amide bonds. The van der Waals surface area contributed by atoms with Gasteiger partial charge in [-0.3, -0.25) is 0 Å². The van der Waals surface area contributed by atoms with Gasteiger partial charge in [0, 0.05) is 22.9 Å². The van der Waals surface area contributed by atoms with Gasteiger partial charge in [-0.15, -0.1) is 0 Å². The largest absolute Gasteiger partial charge is 0.353 e. The summed E-state index contributed by atoms with van der Waals surface area (Å²) in [5.41, 5.74) is 1.44. The van der Waals surface area contributed by atoms with Crippen LogP contribution in [0.1, 0.15) is 24.3 Å². The number of nitrogens with zero attached hydrogens (tertiary/aromatic N) is 1. The van der Waals surface area contributed by atoms with E-state index in [0.717, 1.165) is 10.4 Å². The summed E-state index contributed by atoms with van der Waals surface area (Å²) >= 11 is 3.46. The molecule has 0 spiro atoms. The van der Waals surface area contributed by atoms with Crippen molar-refractivity contribution in [1.82, 2.24) is 9.97 Å². The molecule has 0 unspecified atom stereocenters. The van der Waals surface area contributed by atoms with Gasteiger partial charge in [-0.1, -0.05) is 28.1 Å². The average Bonchev–Trinajstić information content (AvgIpc) is 2.77. The lowest BCUT2D eigenvalue weighted by Crippen LogP contribution is -2.34. The van der Waals surface area contributed by atoms with Crippen LogP contribution in [0.25, 0.3) is 0 Å². The van der Waals surface area contributed by atoms with Gasteiger partial charge in [0.05, 0.1) is 0 Å². The number of aromatic amines is 1. The van der Waals surface area contributed by atoms with Crippen molar-refractivity contribution in [2.24, 2.45) is 0 Å². The van der Waals surface area contributed by atoms with Gasteiger partial charge in [0.1, 0.15) is 0 Å². The quantitative estimate of drug-likeness (QED) is 0.908. The third-order valence-corrected chi connectivity index (χ3v) is 3.85. The average molecular weight is 292 g/mol. The lowest BCUT2D eigenvalue weighted by atomic mass is 9.76. The molecule has 0 saturated heterocycles. The van der Waals surface area contributed by atoms with Crippen LogP contribution in [0.5, 0.6) is 0 Å². The smallest absolute Gasteiger partial charge is 0.200 e. The van der Waals surface area contributed by atoms with Crippen molar-refractivity contribution in [1.29, 1.82) is 0 Å². The molecule has 88 valence electrons. The second-order valence-corrected chi connectivity index (χ2v) is 5.41. The highest BCUT2D eigenvalue weighted by atomic mass is 79.9. The zero-order valence-corrected chi connectivity index (χ0v) is 10.9. The van der Waals surface area contributed by atoms with Gasteiger partial charge in [0.2, 0.25) is 0 Å². The molecule has 2 N–H and O–H groups in total. The molecule has 4 heteroatoms. The second kappa shape index (κ2) is 4.53. The lowest BCUT2D eigenvalue weighted by Gasteiger charge is -2.36. The van der Waals surface area contributed by atoms with Crippen LogP contribution in [0.4, 0.5) is 5.95 Å². The maximum absolute atomic E-state index is 4.17. The van der Waals surface area contributed by atoms with E-state index in [2.05, 4.69) is 55.5 Å². The van der Waals surface area contributed by atoms with E-state index in [1.54, 1.807) is 6.20 Å². The minimum atomic E-state index is 0.551. The van der Waals surface area contributed by atoms with Crippen molar-refractivity contribution in [2.75, 3.05) is 5.32 Å². The molecule has 0 bridgehead atoms. The zero-order chi connectivity index (χ0) is 11.7. The Hall–Kier alpha value is -1.29. The van der Waals surface area contributed by atoms with Crippen LogP contribution in [0.3, 0.4) is 0 Å². The van der Waals surface area contributed by atoms with Crippen molar-refractivity contribution >= 4 is 21.9 Å². The number of aromatic nitrogens is 2. The van der Waals surface area contributed by atoms with Crippen molar-refractivity contribution in [3.63, 3.8) is 0 Å². The van der Waals surface area contributed by atoms with E-state index in [9.17, 15) is 0 Å². The SMILES string of the molecule is Brc1ccc(C2CC(Nc3ncc[nH]3)C2)cc1. The van der Waals surface area contributed by atoms with E-state index in [1.165, 1.54) is 18.4 Å². The molecular formula is C13H14BrN3. The Balaban J connectivity index is 1.56. The van der Waals surface area contributed by atoms with Crippen LogP contribution in [0.2, 0.25) is 0 Å². The highest BCUT2D eigenvalue weighted by Gasteiger charge is 2.30. The predicted octanol–water partition coefficient (Wildman–Crippen LogP) is 3.53. The van der Waals surface area contributed by atoms with E-state index >= 15 is 0 Å². The first-order valence-corrected chi connectivity index (χ1v) is 6.62. The number of benzene rings is 1. The fourth-order valence-electron chi connectivity index (χ4n) is 2.28. The van der Waals surface area contributed by atoms with Crippen LogP contribution < -0.4 is 5.32 Å². The number of halogens is 1. The molecular weight excluding hydrogens is 278 g/mol. The number of rotatable bonds is 3. The Morgan fingerprint density at radius 1 is 1.24 bits per heavy atom. The van der Waals surface area contributed by atoms with Gasteiger partial charge in [-0.2, -0.15) is 0 Å². The summed E-state index contributed by atoms with van der Waals surface area (Å²) in [6, 6.07) is 9.19. The molecule has 1 aromatic carbocycles. The summed E-state index contributed by atoms with van der Waals surface area (Å²) < 4.78 is 1.14. The topological polar surface area (TPSA) is 40.7 Å². The van der Waals surface area contributed by atoms with Crippen molar-refractivity contribution < 1.29 is 0 Å². The van der Waals surface area contributed by atoms with Gasteiger partial charge >= 0.3 is 0 Å². The zero-order valence-electron chi connectivity index (χ0n) is 9.36. The highest BCUT2D eigenvalue weighted by molar-refractivity contribution is 9.10. The second-order valence-electron chi connectivity index (χ2n) is 4.50. The Bertz CT molecular complexity index is 472. The monoisotopic (exact) mass is 291 g/mol. The minimum absolute atomic E-state index is 0.551. The van der Waals surface area contributed by atoms with Crippen LogP contribution >= 0.6 is 15.9 Å². The third kappa shape index (κ3) is 2.36. The molecule has 1 aliphatic carbocycles. The van der Waals surface area contributed by atoms with E-state index in [4.69, 9.17) is 0 Å². The standard InChI is InChI=1S/C13H14BrN3/c14-11-3-1-9(2-4-11)10-7-12(8-10)17-13-15-5-6-16-13/h1-6,10,12H,7-8H2,(H2,15,16,17). The van der Waals surface area contributed by atoms with E-state index < -0.39 is 0 Å². The predicted molar refractivity (Wildman–Crippen MR) is 72.1 cm³/mol. The molecule has 0 radical (unpaired) electrons. The first kappa shape index (κ1) is 10.8. The summed E-state index contributed by atoms with van der Waals surface area (Å²) in [6.07, 6.45) is 5.98. The van der Waals surface area contributed by atoms with Gasteiger partial charge in [-0.25, -0.2) is 4.98 Å². The minimum Gasteiger partial charge on any atom is -0.353 e. The molecule has 3 rings (SSSR count). The molecule has 1 saturated carbocycles. The van der Waals surface area contributed by atoms with Crippen LogP contribution in [-0.2, 0) is 0 Å². The molecule has 0 aliphatic heterocycles. The number of anilines is 1. The van der Waals surface area contributed by atoms with E-state index in [0.29, 0.717) is 12.0 Å². The van der Waals surface area contributed by atoms with Crippen LogP contribution in [0, 0.1) is 0 Å². The molecule has 2 aromatic rings. The first-order valence-electron chi connectivity index (χ1n) is 5.82. The van der Waals surface area contributed by atoms with Gasteiger partial charge in [0.15, 0.2) is 5.95 Å². The van der Waals surface area contributed by atoms with E-state index in [-0.39, 0.29) is 0 Å². The number of H-pyrrole nitrogens is 1. The summed E-state index contributed by atoms with van der Waals surface area (Å²) in [5, 5.41) is 3.39. The van der Waals surface area contributed by atoms with Gasteiger partial charge in [-0.05, 0) is 36.5 Å². The van der Waals surface area contributed by atoms with Crippen LogP contribution in [-0.4, -0.2) is 16.0 Å². The molecule has 1 fully saturated rings.